The first kappa shape index (κ1) is 13.7. The number of fused-ring (bicyclic) bond motifs is 1. The Bertz CT molecular complexity index is 813. The van der Waals surface area contributed by atoms with Crippen LogP contribution in [0.1, 0.15) is 5.56 Å². The van der Waals surface area contributed by atoms with E-state index in [-0.39, 0.29) is 6.54 Å². The summed E-state index contributed by atoms with van der Waals surface area (Å²) in [4.78, 5) is 34.5. The first-order chi connectivity index (χ1) is 10.7. The van der Waals surface area contributed by atoms with E-state index in [1.165, 1.54) is 0 Å². The molecule has 0 saturated carbocycles. The van der Waals surface area contributed by atoms with Crippen LogP contribution in [0.5, 0.6) is 0 Å². The Balaban J connectivity index is 1.59. The molecular weight excluding hydrogens is 282 g/mol. The van der Waals surface area contributed by atoms with Gasteiger partial charge in [0.05, 0.1) is 17.4 Å². The Labute approximate surface area is 125 Å². The second-order valence-electron chi connectivity index (χ2n) is 4.63. The average molecular weight is 295 g/mol. The first-order valence-corrected chi connectivity index (χ1v) is 6.63. The molecule has 0 aliphatic rings. The Hall–Kier alpha value is -3.22. The number of aromatic amines is 1. The number of rotatable bonds is 3. The molecule has 110 valence electrons. The SMILES string of the molecule is O=C(NCc1ccncc1)C(=O)Nc1ccc2nc[nH]c2c1. The van der Waals surface area contributed by atoms with E-state index in [4.69, 9.17) is 0 Å². The third kappa shape index (κ3) is 3.09. The lowest BCUT2D eigenvalue weighted by atomic mass is 10.2. The minimum absolute atomic E-state index is 0.272. The van der Waals surface area contributed by atoms with Crippen LogP contribution in [-0.4, -0.2) is 26.8 Å². The van der Waals surface area contributed by atoms with E-state index in [2.05, 4.69) is 25.6 Å². The molecule has 0 saturated heterocycles. The van der Waals surface area contributed by atoms with Gasteiger partial charge in [-0.2, -0.15) is 0 Å². The van der Waals surface area contributed by atoms with Gasteiger partial charge in [0.25, 0.3) is 0 Å². The van der Waals surface area contributed by atoms with E-state index in [1.807, 2.05) is 0 Å². The van der Waals surface area contributed by atoms with Gasteiger partial charge in [-0.3, -0.25) is 14.6 Å². The fourth-order valence-electron chi connectivity index (χ4n) is 1.96. The van der Waals surface area contributed by atoms with Crippen molar-refractivity contribution in [2.24, 2.45) is 0 Å². The number of carbonyl (C=O) groups is 2. The third-order valence-electron chi connectivity index (χ3n) is 3.09. The molecule has 0 unspecified atom stereocenters. The van der Waals surface area contributed by atoms with E-state index in [9.17, 15) is 9.59 Å². The summed E-state index contributed by atoms with van der Waals surface area (Å²) in [5, 5.41) is 5.10. The number of hydrogen-bond donors (Lipinski definition) is 3. The molecule has 0 fully saturated rings. The zero-order chi connectivity index (χ0) is 15.4. The van der Waals surface area contributed by atoms with Gasteiger partial charge < -0.3 is 15.6 Å². The lowest BCUT2D eigenvalue weighted by molar-refractivity contribution is -0.136. The summed E-state index contributed by atoms with van der Waals surface area (Å²) in [7, 11) is 0. The molecule has 2 amide bonds. The number of benzene rings is 1. The number of carbonyl (C=O) groups excluding carboxylic acids is 2. The third-order valence-corrected chi connectivity index (χ3v) is 3.09. The van der Waals surface area contributed by atoms with Gasteiger partial charge in [-0.25, -0.2) is 4.98 Å². The number of nitrogens with zero attached hydrogens (tertiary/aromatic N) is 2. The van der Waals surface area contributed by atoms with E-state index in [0.29, 0.717) is 5.69 Å². The summed E-state index contributed by atoms with van der Waals surface area (Å²) in [6.07, 6.45) is 4.82. The molecule has 22 heavy (non-hydrogen) atoms. The number of nitrogens with one attached hydrogen (secondary N) is 3. The van der Waals surface area contributed by atoms with E-state index < -0.39 is 11.8 Å². The monoisotopic (exact) mass is 295 g/mol. The minimum atomic E-state index is -0.715. The molecule has 3 aromatic rings. The van der Waals surface area contributed by atoms with E-state index in [0.717, 1.165) is 16.6 Å². The van der Waals surface area contributed by atoms with E-state index in [1.54, 1.807) is 49.1 Å². The highest BCUT2D eigenvalue weighted by Crippen LogP contribution is 2.15. The number of anilines is 1. The first-order valence-electron chi connectivity index (χ1n) is 6.63. The number of hydrogen-bond acceptors (Lipinski definition) is 4. The predicted octanol–water partition coefficient (Wildman–Crippen LogP) is 1.21. The number of H-pyrrole nitrogens is 1. The van der Waals surface area contributed by atoms with Gasteiger partial charge in [0.2, 0.25) is 0 Å². The molecule has 1 aromatic carbocycles. The Morgan fingerprint density at radius 3 is 2.73 bits per heavy atom. The van der Waals surface area contributed by atoms with Crippen LogP contribution in [-0.2, 0) is 16.1 Å². The fraction of sp³-hybridized carbons (Fsp3) is 0.0667. The Morgan fingerprint density at radius 1 is 1.09 bits per heavy atom. The molecule has 0 aliphatic carbocycles. The quantitative estimate of drug-likeness (QED) is 0.632. The van der Waals surface area contributed by atoms with Crippen molar-refractivity contribution < 1.29 is 9.59 Å². The van der Waals surface area contributed by atoms with Crippen LogP contribution in [0.4, 0.5) is 5.69 Å². The summed E-state index contributed by atoms with van der Waals surface area (Å²) in [5.74, 6) is -1.41. The maximum atomic E-state index is 11.8. The average Bonchev–Trinajstić information content (AvgIpc) is 3.01. The molecule has 0 bridgehead atoms. The number of aromatic nitrogens is 3. The second-order valence-corrected chi connectivity index (χ2v) is 4.63. The normalized spacial score (nSPS) is 10.4. The van der Waals surface area contributed by atoms with Crippen LogP contribution in [0.2, 0.25) is 0 Å². The smallest absolute Gasteiger partial charge is 0.313 e. The molecule has 2 aromatic heterocycles. The maximum Gasteiger partial charge on any atom is 0.313 e. The number of amides is 2. The van der Waals surface area contributed by atoms with Gasteiger partial charge >= 0.3 is 11.8 Å². The summed E-state index contributed by atoms with van der Waals surface area (Å²) >= 11 is 0. The fourth-order valence-corrected chi connectivity index (χ4v) is 1.96. The van der Waals surface area contributed by atoms with Crippen LogP contribution < -0.4 is 10.6 Å². The molecule has 0 radical (unpaired) electrons. The van der Waals surface area contributed by atoms with Gasteiger partial charge in [0.15, 0.2) is 0 Å². The zero-order valence-electron chi connectivity index (χ0n) is 11.5. The van der Waals surface area contributed by atoms with Crippen LogP contribution in [0.15, 0.2) is 49.1 Å². The van der Waals surface area contributed by atoms with Crippen molar-refractivity contribution >= 4 is 28.5 Å². The van der Waals surface area contributed by atoms with Gasteiger partial charge in [-0.05, 0) is 35.9 Å². The lowest BCUT2D eigenvalue weighted by Crippen LogP contribution is -2.34. The summed E-state index contributed by atoms with van der Waals surface area (Å²) < 4.78 is 0. The van der Waals surface area contributed by atoms with Crippen molar-refractivity contribution in [1.82, 2.24) is 20.3 Å². The van der Waals surface area contributed by atoms with Crippen LogP contribution in [0.3, 0.4) is 0 Å². The molecule has 7 nitrogen and oxygen atoms in total. The lowest BCUT2D eigenvalue weighted by Gasteiger charge is -2.06. The van der Waals surface area contributed by atoms with Crippen molar-refractivity contribution in [2.45, 2.75) is 6.54 Å². The summed E-state index contributed by atoms with van der Waals surface area (Å²) in [5.41, 5.74) is 2.98. The highest BCUT2D eigenvalue weighted by atomic mass is 16.2. The Morgan fingerprint density at radius 2 is 1.91 bits per heavy atom. The molecule has 0 aliphatic heterocycles. The number of pyridine rings is 1. The van der Waals surface area contributed by atoms with Crippen LogP contribution in [0.25, 0.3) is 11.0 Å². The van der Waals surface area contributed by atoms with Crippen molar-refractivity contribution in [1.29, 1.82) is 0 Å². The molecule has 3 rings (SSSR count). The molecular formula is C15H13N5O2. The van der Waals surface area contributed by atoms with Crippen molar-refractivity contribution in [3.63, 3.8) is 0 Å². The van der Waals surface area contributed by atoms with E-state index >= 15 is 0 Å². The maximum absolute atomic E-state index is 11.8. The second kappa shape index (κ2) is 6.04. The molecule has 0 atom stereocenters. The van der Waals surface area contributed by atoms with Gasteiger partial charge in [0, 0.05) is 24.6 Å². The van der Waals surface area contributed by atoms with Crippen molar-refractivity contribution in [3.05, 3.63) is 54.6 Å². The number of imidazole rings is 1. The van der Waals surface area contributed by atoms with Crippen LogP contribution in [0, 0.1) is 0 Å². The predicted molar refractivity (Wildman–Crippen MR) is 80.8 cm³/mol. The van der Waals surface area contributed by atoms with Crippen LogP contribution >= 0.6 is 0 Å². The zero-order valence-corrected chi connectivity index (χ0v) is 11.5. The standard InChI is InChI=1S/C15H13N5O2/c21-14(17-8-10-3-5-16-6-4-10)15(22)20-11-1-2-12-13(7-11)19-9-18-12/h1-7,9H,8H2,(H,17,21)(H,18,19)(H,20,22). The van der Waals surface area contributed by atoms with Gasteiger partial charge in [-0.1, -0.05) is 0 Å². The van der Waals surface area contributed by atoms with Gasteiger partial charge in [0.1, 0.15) is 0 Å². The summed E-state index contributed by atoms with van der Waals surface area (Å²) in [6.45, 7) is 0.272. The Kier molecular flexibility index (Phi) is 3.78. The highest BCUT2D eigenvalue weighted by Gasteiger charge is 2.13. The molecule has 2 heterocycles. The highest BCUT2D eigenvalue weighted by molar-refractivity contribution is 6.39. The summed E-state index contributed by atoms with van der Waals surface area (Å²) in [6, 6.07) is 8.71. The molecule has 0 spiro atoms. The molecule has 7 heteroatoms. The topological polar surface area (TPSA) is 99.8 Å². The largest absolute Gasteiger partial charge is 0.345 e. The molecule has 3 N–H and O–H groups in total. The minimum Gasteiger partial charge on any atom is -0.345 e. The van der Waals surface area contributed by atoms with Crippen molar-refractivity contribution in [3.8, 4) is 0 Å². The van der Waals surface area contributed by atoms with Crippen molar-refractivity contribution in [2.75, 3.05) is 5.32 Å². The van der Waals surface area contributed by atoms with Gasteiger partial charge in [-0.15, -0.1) is 0 Å².